The summed E-state index contributed by atoms with van der Waals surface area (Å²) in [4.78, 5) is 12.1. The molecule has 0 bridgehead atoms. The van der Waals surface area contributed by atoms with Crippen molar-refractivity contribution < 1.29 is 9.90 Å². The van der Waals surface area contributed by atoms with E-state index in [9.17, 15) is 9.90 Å². The second-order valence-electron chi connectivity index (χ2n) is 7.31. The number of amides is 1. The van der Waals surface area contributed by atoms with Crippen molar-refractivity contribution in [3.63, 3.8) is 0 Å². The summed E-state index contributed by atoms with van der Waals surface area (Å²) in [6.45, 7) is 8.05. The number of hydrogen-bond acceptors (Lipinski definition) is 2. The molecule has 0 aliphatic rings. The van der Waals surface area contributed by atoms with Crippen molar-refractivity contribution in [3.05, 3.63) is 35.9 Å². The van der Waals surface area contributed by atoms with Crippen LogP contribution in [0.3, 0.4) is 0 Å². The predicted octanol–water partition coefficient (Wildman–Crippen LogP) is 4.93. The van der Waals surface area contributed by atoms with Crippen LogP contribution in [0.1, 0.15) is 84.6 Å². The molecule has 0 aliphatic carbocycles. The summed E-state index contributed by atoms with van der Waals surface area (Å²) >= 11 is 0. The monoisotopic (exact) mass is 333 g/mol. The molecule has 24 heavy (non-hydrogen) atoms. The summed E-state index contributed by atoms with van der Waals surface area (Å²) in [6.07, 6.45) is 7.67. The van der Waals surface area contributed by atoms with E-state index in [1.165, 1.54) is 19.3 Å². The maximum atomic E-state index is 12.1. The van der Waals surface area contributed by atoms with Gasteiger partial charge in [-0.05, 0) is 32.3 Å². The molecule has 1 unspecified atom stereocenters. The van der Waals surface area contributed by atoms with Crippen molar-refractivity contribution in [1.82, 2.24) is 5.32 Å². The lowest BCUT2D eigenvalue weighted by atomic mass is 9.73. The molecule has 0 saturated heterocycles. The van der Waals surface area contributed by atoms with Gasteiger partial charge in [-0.15, -0.1) is 0 Å². The van der Waals surface area contributed by atoms with E-state index in [2.05, 4.69) is 12.2 Å². The number of nitrogens with one attached hydrogen (secondary N) is 1. The van der Waals surface area contributed by atoms with Crippen molar-refractivity contribution in [3.8, 4) is 0 Å². The smallest absolute Gasteiger partial charge is 0.220 e. The van der Waals surface area contributed by atoms with Crippen molar-refractivity contribution >= 4 is 5.91 Å². The van der Waals surface area contributed by atoms with E-state index in [1.807, 2.05) is 51.1 Å². The number of carbonyl (C=O) groups is 1. The molecule has 0 aliphatic heterocycles. The molecule has 0 radical (unpaired) electrons. The fourth-order valence-corrected chi connectivity index (χ4v) is 3.26. The number of rotatable bonds is 11. The Labute approximate surface area is 147 Å². The highest BCUT2D eigenvalue weighted by Gasteiger charge is 2.45. The first-order chi connectivity index (χ1) is 11.4. The Morgan fingerprint density at radius 1 is 1.00 bits per heavy atom. The van der Waals surface area contributed by atoms with Crippen molar-refractivity contribution in [2.24, 2.45) is 0 Å². The Hall–Kier alpha value is -1.35. The number of carbonyl (C=O) groups excluding carboxylic acids is 1. The fraction of sp³-hybridized carbons (Fsp3) is 0.667. The number of benzene rings is 1. The van der Waals surface area contributed by atoms with Crippen LogP contribution in [0.15, 0.2) is 30.3 Å². The van der Waals surface area contributed by atoms with Crippen LogP contribution in [-0.4, -0.2) is 16.6 Å². The SMILES string of the molecule is CCCCCCCC(O)(c1ccccc1)C(C)(C)NC(=O)CCC. The van der Waals surface area contributed by atoms with E-state index in [1.54, 1.807) is 0 Å². The maximum Gasteiger partial charge on any atom is 0.220 e. The molecule has 0 fully saturated rings. The van der Waals surface area contributed by atoms with Gasteiger partial charge in [-0.25, -0.2) is 0 Å². The molecule has 1 rings (SSSR count). The lowest BCUT2D eigenvalue weighted by molar-refractivity contribution is -0.128. The van der Waals surface area contributed by atoms with Gasteiger partial charge in [0, 0.05) is 6.42 Å². The Bertz CT molecular complexity index is 484. The Kier molecular flexibility index (Phi) is 8.47. The second-order valence-corrected chi connectivity index (χ2v) is 7.31. The highest BCUT2D eigenvalue weighted by atomic mass is 16.3. The largest absolute Gasteiger partial charge is 0.383 e. The zero-order valence-electron chi connectivity index (χ0n) is 15.9. The Morgan fingerprint density at radius 3 is 2.21 bits per heavy atom. The first kappa shape index (κ1) is 20.7. The molecule has 1 aromatic rings. The van der Waals surface area contributed by atoms with Crippen molar-refractivity contribution in [1.29, 1.82) is 0 Å². The van der Waals surface area contributed by atoms with Gasteiger partial charge < -0.3 is 10.4 Å². The summed E-state index contributed by atoms with van der Waals surface area (Å²) in [5.74, 6) is 0.00263. The van der Waals surface area contributed by atoms with Crippen molar-refractivity contribution in [2.75, 3.05) is 0 Å². The number of unbranched alkanes of at least 4 members (excludes halogenated alkanes) is 4. The van der Waals surface area contributed by atoms with Crippen LogP contribution in [0, 0.1) is 0 Å². The molecular weight excluding hydrogens is 298 g/mol. The zero-order chi connectivity index (χ0) is 18.1. The molecule has 1 aromatic carbocycles. The van der Waals surface area contributed by atoms with Gasteiger partial charge in [-0.3, -0.25) is 4.79 Å². The van der Waals surface area contributed by atoms with Gasteiger partial charge in [0.25, 0.3) is 0 Å². The topological polar surface area (TPSA) is 49.3 Å². The van der Waals surface area contributed by atoms with Crippen LogP contribution >= 0.6 is 0 Å². The Morgan fingerprint density at radius 2 is 1.62 bits per heavy atom. The molecule has 1 amide bonds. The molecule has 136 valence electrons. The molecule has 1 atom stereocenters. The third-order valence-corrected chi connectivity index (χ3v) is 4.86. The van der Waals surface area contributed by atoms with Gasteiger partial charge in [0.1, 0.15) is 5.60 Å². The summed E-state index contributed by atoms with van der Waals surface area (Å²) in [5, 5.41) is 14.6. The minimum absolute atomic E-state index is 0.00263. The van der Waals surface area contributed by atoms with Gasteiger partial charge in [-0.1, -0.05) is 76.3 Å². The predicted molar refractivity (Wildman–Crippen MR) is 101 cm³/mol. The lowest BCUT2D eigenvalue weighted by Gasteiger charge is -2.44. The first-order valence-corrected chi connectivity index (χ1v) is 9.46. The third-order valence-electron chi connectivity index (χ3n) is 4.86. The molecule has 2 N–H and O–H groups in total. The summed E-state index contributed by atoms with van der Waals surface area (Å²) in [7, 11) is 0. The minimum atomic E-state index is -1.07. The number of hydrogen-bond donors (Lipinski definition) is 2. The average molecular weight is 334 g/mol. The first-order valence-electron chi connectivity index (χ1n) is 9.46. The molecule has 0 saturated carbocycles. The van der Waals surface area contributed by atoms with E-state index >= 15 is 0 Å². The third kappa shape index (κ3) is 5.62. The van der Waals surface area contributed by atoms with E-state index < -0.39 is 11.1 Å². The van der Waals surface area contributed by atoms with Gasteiger partial charge in [0.05, 0.1) is 5.54 Å². The van der Waals surface area contributed by atoms with Crippen LogP contribution in [0.5, 0.6) is 0 Å². The number of aliphatic hydroxyl groups is 1. The molecular formula is C21H35NO2. The zero-order valence-corrected chi connectivity index (χ0v) is 15.9. The van der Waals surface area contributed by atoms with Gasteiger partial charge in [0.15, 0.2) is 0 Å². The van der Waals surface area contributed by atoms with Gasteiger partial charge >= 0.3 is 0 Å². The van der Waals surface area contributed by atoms with E-state index in [0.29, 0.717) is 12.8 Å². The van der Waals surface area contributed by atoms with Gasteiger partial charge in [-0.2, -0.15) is 0 Å². The molecule has 0 aromatic heterocycles. The maximum absolute atomic E-state index is 12.1. The lowest BCUT2D eigenvalue weighted by Crippen LogP contribution is -2.58. The average Bonchev–Trinajstić information content (AvgIpc) is 2.54. The second kappa shape index (κ2) is 9.83. The normalized spacial score (nSPS) is 14.2. The van der Waals surface area contributed by atoms with Gasteiger partial charge in [0.2, 0.25) is 5.91 Å². The minimum Gasteiger partial charge on any atom is -0.383 e. The van der Waals surface area contributed by atoms with Crippen LogP contribution in [-0.2, 0) is 10.4 Å². The molecule has 0 heterocycles. The van der Waals surface area contributed by atoms with Crippen LogP contribution in [0.25, 0.3) is 0 Å². The quantitative estimate of drug-likeness (QED) is 0.564. The molecule has 3 nitrogen and oxygen atoms in total. The van der Waals surface area contributed by atoms with Crippen LogP contribution in [0.4, 0.5) is 0 Å². The highest BCUT2D eigenvalue weighted by molar-refractivity contribution is 5.76. The van der Waals surface area contributed by atoms with E-state index in [-0.39, 0.29) is 5.91 Å². The highest BCUT2D eigenvalue weighted by Crippen LogP contribution is 2.38. The van der Waals surface area contributed by atoms with Crippen molar-refractivity contribution in [2.45, 2.75) is 90.2 Å². The molecule has 0 spiro atoms. The standard InChI is InChI=1S/C21H35NO2/c1-5-7-8-9-13-17-21(24,18-15-11-10-12-16-18)20(3,4)22-19(23)14-6-2/h10-12,15-16,24H,5-9,13-14,17H2,1-4H3,(H,22,23). The summed E-state index contributed by atoms with van der Waals surface area (Å²) in [5.41, 5.74) is -0.905. The van der Waals surface area contributed by atoms with Crippen LogP contribution < -0.4 is 5.32 Å². The van der Waals surface area contributed by atoms with E-state index in [4.69, 9.17) is 0 Å². The fourth-order valence-electron chi connectivity index (χ4n) is 3.26. The van der Waals surface area contributed by atoms with Crippen LogP contribution in [0.2, 0.25) is 0 Å². The summed E-state index contributed by atoms with van der Waals surface area (Å²) < 4.78 is 0. The summed E-state index contributed by atoms with van der Waals surface area (Å²) in [6, 6.07) is 9.76. The van der Waals surface area contributed by atoms with E-state index in [0.717, 1.165) is 24.8 Å². The Balaban J connectivity index is 2.93. The molecule has 3 heteroatoms.